The first-order chi connectivity index (χ1) is 12.9. The number of hydrogen-bond acceptors (Lipinski definition) is 6. The Bertz CT molecular complexity index is 790. The van der Waals surface area contributed by atoms with Crippen LogP contribution in [0.4, 0.5) is 0 Å². The summed E-state index contributed by atoms with van der Waals surface area (Å²) >= 11 is 0. The van der Waals surface area contributed by atoms with Gasteiger partial charge in [0.25, 0.3) is 0 Å². The van der Waals surface area contributed by atoms with E-state index >= 15 is 0 Å². The van der Waals surface area contributed by atoms with Gasteiger partial charge in [-0.05, 0) is 32.0 Å². The predicted molar refractivity (Wildman–Crippen MR) is 101 cm³/mol. The molecule has 0 bridgehead atoms. The molecule has 0 aliphatic carbocycles. The lowest BCUT2D eigenvalue weighted by molar-refractivity contribution is -0.136. The van der Waals surface area contributed by atoms with Gasteiger partial charge in [0.2, 0.25) is 15.9 Å². The van der Waals surface area contributed by atoms with Crippen LogP contribution in [0.5, 0.6) is 11.5 Å². The maximum absolute atomic E-state index is 13.2. The van der Waals surface area contributed by atoms with Gasteiger partial charge in [-0.1, -0.05) is 0 Å². The molecule has 0 unspecified atom stereocenters. The van der Waals surface area contributed by atoms with Crippen molar-refractivity contribution in [1.29, 1.82) is 0 Å². The Hall–Kier alpha value is -1.84. The van der Waals surface area contributed by atoms with E-state index in [-0.39, 0.29) is 10.8 Å². The van der Waals surface area contributed by atoms with Crippen LogP contribution in [0.3, 0.4) is 0 Å². The lowest BCUT2D eigenvalue weighted by atomic mass is 10.2. The SMILES string of the molecule is COc1ccc(S(=O)(=O)N2CCC[C@H]2C(=O)N2CCN(C)CC2)cc1OC. The number of nitrogens with zero attached hydrogens (tertiary/aromatic N) is 3. The fraction of sp³-hybridized carbons (Fsp3) is 0.611. The van der Waals surface area contributed by atoms with E-state index in [1.165, 1.54) is 30.7 Å². The third kappa shape index (κ3) is 3.90. The molecule has 0 radical (unpaired) electrons. The quantitative estimate of drug-likeness (QED) is 0.725. The van der Waals surface area contributed by atoms with Crippen molar-refractivity contribution in [3.8, 4) is 11.5 Å². The number of sulfonamides is 1. The summed E-state index contributed by atoms with van der Waals surface area (Å²) in [6.07, 6.45) is 1.23. The second kappa shape index (κ2) is 8.04. The number of hydrogen-bond donors (Lipinski definition) is 0. The molecule has 2 aliphatic rings. The molecule has 0 N–H and O–H groups in total. The third-order valence-corrected chi connectivity index (χ3v) is 7.17. The molecule has 2 heterocycles. The van der Waals surface area contributed by atoms with Crippen LogP contribution in [0, 0.1) is 0 Å². The van der Waals surface area contributed by atoms with Crippen molar-refractivity contribution in [2.45, 2.75) is 23.8 Å². The third-order valence-electron chi connectivity index (χ3n) is 5.27. The minimum Gasteiger partial charge on any atom is -0.493 e. The highest BCUT2D eigenvalue weighted by Gasteiger charge is 2.41. The molecule has 2 saturated heterocycles. The van der Waals surface area contributed by atoms with E-state index in [4.69, 9.17) is 9.47 Å². The van der Waals surface area contributed by atoms with Gasteiger partial charge in [-0.2, -0.15) is 4.31 Å². The van der Waals surface area contributed by atoms with E-state index in [2.05, 4.69) is 4.90 Å². The number of methoxy groups -OCH3 is 2. The average molecular weight is 397 g/mol. The molecule has 0 spiro atoms. The molecule has 150 valence electrons. The number of benzene rings is 1. The summed E-state index contributed by atoms with van der Waals surface area (Å²) in [4.78, 5) is 17.0. The largest absolute Gasteiger partial charge is 0.493 e. The molecule has 1 aromatic rings. The van der Waals surface area contributed by atoms with Crippen LogP contribution in [0.25, 0.3) is 0 Å². The number of amides is 1. The lowest BCUT2D eigenvalue weighted by Gasteiger charge is -2.35. The standard InChI is InChI=1S/C18H27N3O5S/c1-19-9-11-20(12-10-19)18(22)15-5-4-8-21(15)27(23,24)14-6-7-16(25-2)17(13-14)26-3/h6-7,13,15H,4-5,8-12H2,1-3H3/t15-/m0/s1. The van der Waals surface area contributed by atoms with Gasteiger partial charge in [-0.25, -0.2) is 8.42 Å². The summed E-state index contributed by atoms with van der Waals surface area (Å²) in [5.41, 5.74) is 0. The van der Waals surface area contributed by atoms with Crippen LogP contribution in [0.1, 0.15) is 12.8 Å². The molecular weight excluding hydrogens is 370 g/mol. The minimum atomic E-state index is -3.80. The van der Waals surface area contributed by atoms with Crippen molar-refractivity contribution in [2.24, 2.45) is 0 Å². The van der Waals surface area contributed by atoms with E-state index < -0.39 is 16.1 Å². The second-order valence-corrected chi connectivity index (χ2v) is 8.81. The predicted octanol–water partition coefficient (Wildman–Crippen LogP) is 0.631. The molecule has 1 atom stereocenters. The molecule has 8 nitrogen and oxygen atoms in total. The summed E-state index contributed by atoms with van der Waals surface area (Å²) in [5.74, 6) is 0.715. The van der Waals surface area contributed by atoms with Crippen LogP contribution in [-0.2, 0) is 14.8 Å². The molecule has 0 saturated carbocycles. The van der Waals surface area contributed by atoms with Crippen LogP contribution in [0.2, 0.25) is 0 Å². The van der Waals surface area contributed by atoms with E-state index in [1.54, 1.807) is 11.0 Å². The fourth-order valence-electron chi connectivity index (χ4n) is 3.62. The summed E-state index contributed by atoms with van der Waals surface area (Å²) in [6, 6.07) is 3.88. The van der Waals surface area contributed by atoms with E-state index in [0.717, 1.165) is 13.1 Å². The van der Waals surface area contributed by atoms with Crippen molar-refractivity contribution in [1.82, 2.24) is 14.1 Å². The molecule has 3 rings (SSSR count). The zero-order valence-electron chi connectivity index (χ0n) is 16.1. The second-order valence-electron chi connectivity index (χ2n) is 6.92. The van der Waals surface area contributed by atoms with Gasteiger partial charge < -0.3 is 19.3 Å². The topological polar surface area (TPSA) is 79.4 Å². The maximum atomic E-state index is 13.2. The van der Waals surface area contributed by atoms with Gasteiger partial charge >= 0.3 is 0 Å². The smallest absolute Gasteiger partial charge is 0.243 e. The first-order valence-corrected chi connectivity index (χ1v) is 10.5. The van der Waals surface area contributed by atoms with Crippen molar-refractivity contribution in [2.75, 3.05) is 54.0 Å². The molecular formula is C18H27N3O5S. The summed E-state index contributed by atoms with van der Waals surface area (Å²) < 4.78 is 38.2. The van der Waals surface area contributed by atoms with Crippen molar-refractivity contribution in [3.05, 3.63) is 18.2 Å². The van der Waals surface area contributed by atoms with Gasteiger partial charge in [-0.3, -0.25) is 4.79 Å². The number of carbonyl (C=O) groups excluding carboxylic acids is 1. The minimum absolute atomic E-state index is 0.0929. The Morgan fingerprint density at radius 3 is 2.33 bits per heavy atom. The summed E-state index contributed by atoms with van der Waals surface area (Å²) in [5, 5.41) is 0. The lowest BCUT2D eigenvalue weighted by Crippen LogP contribution is -2.53. The highest BCUT2D eigenvalue weighted by molar-refractivity contribution is 7.89. The Kier molecular flexibility index (Phi) is 5.92. The number of rotatable bonds is 5. The molecule has 27 heavy (non-hydrogen) atoms. The Balaban J connectivity index is 1.84. The normalized spacial score (nSPS) is 22.0. The highest BCUT2D eigenvalue weighted by atomic mass is 32.2. The van der Waals surface area contributed by atoms with Crippen LogP contribution >= 0.6 is 0 Å². The molecule has 1 amide bonds. The number of ether oxygens (including phenoxy) is 2. The van der Waals surface area contributed by atoms with Crippen molar-refractivity contribution >= 4 is 15.9 Å². The van der Waals surface area contributed by atoms with E-state index in [0.29, 0.717) is 44.0 Å². The summed E-state index contributed by atoms with van der Waals surface area (Å²) in [7, 11) is 1.18. The monoisotopic (exact) mass is 397 g/mol. The molecule has 1 aromatic carbocycles. The van der Waals surface area contributed by atoms with Crippen molar-refractivity contribution in [3.63, 3.8) is 0 Å². The molecule has 0 aromatic heterocycles. The van der Waals surface area contributed by atoms with Gasteiger partial charge in [0, 0.05) is 38.8 Å². The Morgan fingerprint density at radius 1 is 1.04 bits per heavy atom. The molecule has 2 fully saturated rings. The number of piperazine rings is 1. The highest BCUT2D eigenvalue weighted by Crippen LogP contribution is 2.33. The van der Waals surface area contributed by atoms with Crippen LogP contribution in [0.15, 0.2) is 23.1 Å². The Morgan fingerprint density at radius 2 is 1.70 bits per heavy atom. The van der Waals surface area contributed by atoms with E-state index in [9.17, 15) is 13.2 Å². The van der Waals surface area contributed by atoms with Crippen LogP contribution < -0.4 is 9.47 Å². The van der Waals surface area contributed by atoms with Crippen LogP contribution in [-0.4, -0.2) is 88.5 Å². The van der Waals surface area contributed by atoms with Gasteiger partial charge in [0.1, 0.15) is 6.04 Å². The molecule has 2 aliphatic heterocycles. The van der Waals surface area contributed by atoms with Crippen molar-refractivity contribution < 1.29 is 22.7 Å². The zero-order valence-corrected chi connectivity index (χ0v) is 16.9. The first kappa shape index (κ1) is 19.9. The summed E-state index contributed by atoms with van der Waals surface area (Å²) in [6.45, 7) is 3.23. The number of carbonyl (C=O) groups is 1. The molecule has 9 heteroatoms. The Labute approximate surface area is 160 Å². The maximum Gasteiger partial charge on any atom is 0.243 e. The zero-order chi connectivity index (χ0) is 19.6. The number of likely N-dealkylation sites (N-methyl/N-ethyl adjacent to an activating group) is 1. The van der Waals surface area contributed by atoms with E-state index in [1.807, 2.05) is 7.05 Å². The first-order valence-electron chi connectivity index (χ1n) is 9.09. The van der Waals surface area contributed by atoms with Gasteiger partial charge in [0.15, 0.2) is 11.5 Å². The van der Waals surface area contributed by atoms with Gasteiger partial charge in [0.05, 0.1) is 19.1 Å². The van der Waals surface area contributed by atoms with Gasteiger partial charge in [-0.15, -0.1) is 0 Å². The average Bonchev–Trinajstić information content (AvgIpc) is 3.18. The fourth-order valence-corrected chi connectivity index (χ4v) is 5.29.